The summed E-state index contributed by atoms with van der Waals surface area (Å²) in [5.74, 6) is 0.00573. The Kier molecular flexibility index (Phi) is 6.47. The van der Waals surface area contributed by atoms with Crippen LogP contribution in [0.25, 0.3) is 0 Å². The van der Waals surface area contributed by atoms with E-state index in [1.54, 1.807) is 0 Å². The largest absolute Gasteiger partial charge is 0.348 e. The van der Waals surface area contributed by atoms with Crippen molar-refractivity contribution in [3.8, 4) is 0 Å². The van der Waals surface area contributed by atoms with Crippen LogP contribution in [0.1, 0.15) is 56.4 Å². The van der Waals surface area contributed by atoms with Gasteiger partial charge in [0.2, 0.25) is 0 Å². The van der Waals surface area contributed by atoms with Crippen LogP contribution in [-0.4, -0.2) is 16.5 Å². The van der Waals surface area contributed by atoms with Crippen LogP contribution in [0.5, 0.6) is 0 Å². The molecular weight excluding hydrogens is 292 g/mol. The highest BCUT2D eigenvalue weighted by atomic mass is 79.9. The zero-order valence-electron chi connectivity index (χ0n) is 11.5. The van der Waals surface area contributed by atoms with Gasteiger partial charge in [0, 0.05) is 23.8 Å². The summed E-state index contributed by atoms with van der Waals surface area (Å²) in [7, 11) is 1.88. The second-order valence-electron chi connectivity index (χ2n) is 4.88. The molecule has 0 aliphatic carbocycles. The van der Waals surface area contributed by atoms with Gasteiger partial charge >= 0.3 is 0 Å². The molecule has 3 nitrogen and oxygen atoms in total. The third-order valence-electron chi connectivity index (χ3n) is 3.07. The molecule has 0 aromatic carbocycles. The zero-order chi connectivity index (χ0) is 13.5. The minimum Gasteiger partial charge on any atom is -0.348 e. The first-order chi connectivity index (χ1) is 8.54. The van der Waals surface area contributed by atoms with Gasteiger partial charge in [0.25, 0.3) is 5.91 Å². The molecule has 1 heterocycles. The predicted molar refractivity (Wildman–Crippen MR) is 78.8 cm³/mol. The summed E-state index contributed by atoms with van der Waals surface area (Å²) < 4.78 is 2.77. The third-order valence-corrected chi connectivity index (χ3v) is 3.51. The van der Waals surface area contributed by atoms with Gasteiger partial charge in [-0.25, -0.2) is 0 Å². The van der Waals surface area contributed by atoms with Crippen molar-refractivity contribution in [2.75, 3.05) is 0 Å². The molecule has 0 aliphatic heterocycles. The molecule has 102 valence electrons. The molecule has 18 heavy (non-hydrogen) atoms. The Morgan fingerprint density at radius 1 is 1.44 bits per heavy atom. The van der Waals surface area contributed by atoms with E-state index in [4.69, 9.17) is 0 Å². The van der Waals surface area contributed by atoms with E-state index in [0.717, 1.165) is 10.9 Å². The maximum atomic E-state index is 12.0. The normalized spacial score (nSPS) is 12.4. The molecule has 1 aromatic heterocycles. The highest BCUT2D eigenvalue weighted by molar-refractivity contribution is 9.10. The Morgan fingerprint density at radius 2 is 2.17 bits per heavy atom. The zero-order valence-corrected chi connectivity index (χ0v) is 13.1. The number of hydrogen-bond acceptors (Lipinski definition) is 1. The average Bonchev–Trinajstić information content (AvgIpc) is 2.64. The SMILES string of the molecule is CCCCCCC(C)NC(=O)c1cc(Br)cn1C. The van der Waals surface area contributed by atoms with Crippen molar-refractivity contribution in [1.82, 2.24) is 9.88 Å². The van der Waals surface area contributed by atoms with Gasteiger partial charge in [-0.2, -0.15) is 0 Å². The Hall–Kier alpha value is -0.770. The number of aryl methyl sites for hydroxylation is 1. The van der Waals surface area contributed by atoms with Gasteiger partial charge in [-0.1, -0.05) is 32.6 Å². The van der Waals surface area contributed by atoms with Gasteiger partial charge < -0.3 is 9.88 Å². The van der Waals surface area contributed by atoms with Gasteiger partial charge in [-0.05, 0) is 35.3 Å². The molecule has 0 radical (unpaired) electrons. The Balaban J connectivity index is 2.37. The third kappa shape index (κ3) is 4.84. The number of halogens is 1. The summed E-state index contributed by atoms with van der Waals surface area (Å²) in [6.07, 6.45) is 7.92. The molecule has 0 aliphatic rings. The lowest BCUT2D eigenvalue weighted by Gasteiger charge is -2.14. The van der Waals surface area contributed by atoms with E-state index < -0.39 is 0 Å². The number of aromatic nitrogens is 1. The van der Waals surface area contributed by atoms with Gasteiger partial charge in [0.15, 0.2) is 0 Å². The minimum absolute atomic E-state index is 0.00573. The lowest BCUT2D eigenvalue weighted by molar-refractivity contribution is 0.0929. The first-order valence-electron chi connectivity index (χ1n) is 6.67. The molecule has 0 saturated heterocycles. The topological polar surface area (TPSA) is 34.0 Å². The van der Waals surface area contributed by atoms with E-state index in [9.17, 15) is 4.79 Å². The fourth-order valence-electron chi connectivity index (χ4n) is 2.00. The second-order valence-corrected chi connectivity index (χ2v) is 5.79. The number of carbonyl (C=O) groups excluding carboxylic acids is 1. The van der Waals surface area contributed by atoms with Crippen molar-refractivity contribution in [3.05, 3.63) is 22.4 Å². The summed E-state index contributed by atoms with van der Waals surface area (Å²) in [6.45, 7) is 4.28. The van der Waals surface area contributed by atoms with Crippen molar-refractivity contribution in [2.45, 2.75) is 52.0 Å². The Labute approximate surface area is 118 Å². The monoisotopic (exact) mass is 314 g/mol. The number of hydrogen-bond donors (Lipinski definition) is 1. The number of carbonyl (C=O) groups is 1. The van der Waals surface area contributed by atoms with Crippen molar-refractivity contribution in [1.29, 1.82) is 0 Å². The Bertz CT molecular complexity index is 387. The number of nitrogens with one attached hydrogen (secondary N) is 1. The van der Waals surface area contributed by atoms with Gasteiger partial charge in [-0.15, -0.1) is 0 Å². The van der Waals surface area contributed by atoms with Crippen molar-refractivity contribution in [3.63, 3.8) is 0 Å². The van der Waals surface area contributed by atoms with Crippen molar-refractivity contribution < 1.29 is 4.79 Å². The standard InChI is InChI=1S/C14H23BrN2O/c1-4-5-6-7-8-11(2)16-14(18)13-9-12(15)10-17(13)3/h9-11H,4-8H2,1-3H3,(H,16,18). The lowest BCUT2D eigenvalue weighted by atomic mass is 10.1. The summed E-state index contributed by atoms with van der Waals surface area (Å²) in [5, 5.41) is 3.05. The molecule has 1 amide bonds. The van der Waals surface area contributed by atoms with Crippen LogP contribution in [0, 0.1) is 0 Å². The fourth-order valence-corrected chi connectivity index (χ4v) is 2.52. The van der Waals surface area contributed by atoms with Crippen molar-refractivity contribution in [2.24, 2.45) is 7.05 Å². The summed E-state index contributed by atoms with van der Waals surface area (Å²) in [6, 6.07) is 2.09. The number of unbranched alkanes of at least 4 members (excludes halogenated alkanes) is 3. The molecule has 0 spiro atoms. The smallest absolute Gasteiger partial charge is 0.268 e. The van der Waals surface area contributed by atoms with Gasteiger partial charge in [-0.3, -0.25) is 4.79 Å². The fraction of sp³-hybridized carbons (Fsp3) is 0.643. The molecule has 1 rings (SSSR count). The molecule has 1 atom stereocenters. The summed E-state index contributed by atoms with van der Waals surface area (Å²) in [5.41, 5.74) is 0.697. The molecule has 1 aromatic rings. The van der Waals surface area contributed by atoms with Crippen LogP contribution in [0.3, 0.4) is 0 Å². The van der Waals surface area contributed by atoms with Crippen LogP contribution in [-0.2, 0) is 7.05 Å². The quantitative estimate of drug-likeness (QED) is 0.761. The summed E-state index contributed by atoms with van der Waals surface area (Å²) >= 11 is 3.38. The van der Waals surface area contributed by atoms with E-state index in [2.05, 4.69) is 35.1 Å². The maximum Gasteiger partial charge on any atom is 0.268 e. The molecule has 0 fully saturated rings. The Morgan fingerprint density at radius 3 is 2.72 bits per heavy atom. The number of rotatable bonds is 7. The molecule has 1 unspecified atom stereocenters. The van der Waals surface area contributed by atoms with Gasteiger partial charge in [0.1, 0.15) is 5.69 Å². The van der Waals surface area contributed by atoms with Crippen LogP contribution in [0.15, 0.2) is 16.7 Å². The van der Waals surface area contributed by atoms with E-state index in [0.29, 0.717) is 5.69 Å². The molecule has 4 heteroatoms. The second kappa shape index (κ2) is 7.62. The van der Waals surface area contributed by atoms with E-state index in [1.807, 2.05) is 23.9 Å². The molecular formula is C14H23BrN2O. The minimum atomic E-state index is 0.00573. The number of nitrogens with zero attached hydrogens (tertiary/aromatic N) is 1. The van der Waals surface area contributed by atoms with Crippen LogP contribution in [0.4, 0.5) is 0 Å². The predicted octanol–water partition coefficient (Wildman–Crippen LogP) is 3.88. The first-order valence-corrected chi connectivity index (χ1v) is 7.46. The highest BCUT2D eigenvalue weighted by Crippen LogP contribution is 2.14. The van der Waals surface area contributed by atoms with E-state index in [1.165, 1.54) is 25.7 Å². The first kappa shape index (κ1) is 15.3. The van der Waals surface area contributed by atoms with Crippen LogP contribution < -0.4 is 5.32 Å². The maximum absolute atomic E-state index is 12.0. The van der Waals surface area contributed by atoms with Crippen LogP contribution in [0.2, 0.25) is 0 Å². The highest BCUT2D eigenvalue weighted by Gasteiger charge is 2.13. The molecule has 0 bridgehead atoms. The van der Waals surface area contributed by atoms with Crippen molar-refractivity contribution >= 4 is 21.8 Å². The van der Waals surface area contributed by atoms with E-state index >= 15 is 0 Å². The average molecular weight is 315 g/mol. The lowest BCUT2D eigenvalue weighted by Crippen LogP contribution is -2.33. The number of amides is 1. The van der Waals surface area contributed by atoms with E-state index in [-0.39, 0.29) is 11.9 Å². The summed E-state index contributed by atoms with van der Waals surface area (Å²) in [4.78, 5) is 12.0. The molecule has 1 N–H and O–H groups in total. The van der Waals surface area contributed by atoms with Gasteiger partial charge in [0.05, 0.1) is 0 Å². The molecule has 0 saturated carbocycles. The van der Waals surface area contributed by atoms with Crippen LogP contribution >= 0.6 is 15.9 Å².